The summed E-state index contributed by atoms with van der Waals surface area (Å²) in [6.45, 7) is 2.63. The van der Waals surface area contributed by atoms with Crippen LogP contribution in [0.2, 0.25) is 10.0 Å². The van der Waals surface area contributed by atoms with E-state index in [0.717, 1.165) is 16.7 Å². The molecule has 166 valence electrons. The van der Waals surface area contributed by atoms with E-state index in [2.05, 4.69) is 20.6 Å². The molecule has 0 saturated carbocycles. The molecule has 2 N–H and O–H groups in total. The molecule has 1 heterocycles. The predicted octanol–water partition coefficient (Wildman–Crippen LogP) is 4.82. The molecule has 0 unspecified atom stereocenters. The van der Waals surface area contributed by atoms with E-state index < -0.39 is 5.91 Å². The zero-order valence-corrected chi connectivity index (χ0v) is 19.7. The molecule has 6 nitrogen and oxygen atoms in total. The number of thioether (sulfide) groups is 1. The molecule has 1 aromatic heterocycles. The highest BCUT2D eigenvalue weighted by Gasteiger charge is 2.15. The van der Waals surface area contributed by atoms with E-state index in [-0.39, 0.29) is 29.6 Å². The van der Waals surface area contributed by atoms with Gasteiger partial charge in [-0.25, -0.2) is 9.97 Å². The maximum atomic E-state index is 12.5. The Balaban J connectivity index is 1.46. The van der Waals surface area contributed by atoms with Crippen molar-refractivity contribution < 1.29 is 9.59 Å². The van der Waals surface area contributed by atoms with Gasteiger partial charge in [0.2, 0.25) is 5.91 Å². The summed E-state index contributed by atoms with van der Waals surface area (Å²) in [5.41, 5.74) is 3.32. The third-order valence-electron chi connectivity index (χ3n) is 4.47. The van der Waals surface area contributed by atoms with Crippen LogP contribution in [-0.4, -0.2) is 28.3 Å². The Kier molecular flexibility index (Phi) is 8.90. The number of aromatic nitrogens is 2. The van der Waals surface area contributed by atoms with Gasteiger partial charge in [-0.2, -0.15) is 0 Å². The van der Waals surface area contributed by atoms with Crippen molar-refractivity contribution in [3.63, 3.8) is 0 Å². The number of nitrogens with zero attached hydrogens (tertiary/aromatic N) is 2. The van der Waals surface area contributed by atoms with Crippen molar-refractivity contribution in [1.29, 1.82) is 0 Å². The lowest BCUT2D eigenvalue weighted by molar-refractivity contribution is -0.121. The van der Waals surface area contributed by atoms with Gasteiger partial charge in [-0.1, -0.05) is 76.9 Å². The molecular weight excluding hydrogens is 467 g/mol. The van der Waals surface area contributed by atoms with Crippen LogP contribution in [0.3, 0.4) is 0 Å². The van der Waals surface area contributed by atoms with Gasteiger partial charge in [0.25, 0.3) is 5.91 Å². The van der Waals surface area contributed by atoms with Gasteiger partial charge in [0.15, 0.2) is 10.9 Å². The molecule has 0 fully saturated rings. The minimum Gasteiger partial charge on any atom is -0.352 e. The minimum absolute atomic E-state index is 0.0836. The van der Waals surface area contributed by atoms with Crippen LogP contribution in [0.5, 0.6) is 0 Å². The summed E-state index contributed by atoms with van der Waals surface area (Å²) in [5, 5.41) is 6.78. The first-order valence-corrected chi connectivity index (χ1v) is 11.6. The van der Waals surface area contributed by atoms with E-state index in [0.29, 0.717) is 22.5 Å². The van der Waals surface area contributed by atoms with Crippen LogP contribution in [-0.2, 0) is 17.1 Å². The number of hydrogen-bond donors (Lipinski definition) is 2. The van der Waals surface area contributed by atoms with Gasteiger partial charge in [-0.15, -0.1) is 0 Å². The lowest BCUT2D eigenvalue weighted by atomic mass is 10.1. The fourth-order valence-electron chi connectivity index (χ4n) is 2.68. The van der Waals surface area contributed by atoms with Gasteiger partial charge in [0.1, 0.15) is 0 Å². The SMILES string of the molecule is Cc1ccc(CNC(=O)CCNC(=O)c2nc(SCc3ccc(Cl)cc3)ncc2Cl)cc1. The maximum absolute atomic E-state index is 12.5. The highest BCUT2D eigenvalue weighted by molar-refractivity contribution is 7.98. The lowest BCUT2D eigenvalue weighted by Gasteiger charge is -2.08. The Bertz CT molecular complexity index is 1080. The van der Waals surface area contributed by atoms with Crippen LogP contribution in [0.4, 0.5) is 0 Å². The molecule has 2 aromatic carbocycles. The van der Waals surface area contributed by atoms with E-state index in [9.17, 15) is 9.59 Å². The summed E-state index contributed by atoms with van der Waals surface area (Å²) >= 11 is 13.4. The Hall–Kier alpha value is -2.61. The summed E-state index contributed by atoms with van der Waals surface area (Å²) in [6.07, 6.45) is 1.56. The molecular formula is C23H22Cl2N4O2S. The van der Waals surface area contributed by atoms with Gasteiger partial charge < -0.3 is 10.6 Å². The second-order valence-corrected chi connectivity index (χ2v) is 8.82. The molecule has 0 saturated heterocycles. The Morgan fingerprint density at radius 2 is 1.66 bits per heavy atom. The monoisotopic (exact) mass is 488 g/mol. The number of rotatable bonds is 9. The van der Waals surface area contributed by atoms with Crippen molar-refractivity contribution in [2.45, 2.75) is 30.8 Å². The second kappa shape index (κ2) is 11.9. The second-order valence-electron chi connectivity index (χ2n) is 7.03. The van der Waals surface area contributed by atoms with Crippen LogP contribution in [0.25, 0.3) is 0 Å². The number of halogens is 2. The number of benzene rings is 2. The van der Waals surface area contributed by atoms with Crippen LogP contribution in [0.1, 0.15) is 33.6 Å². The molecule has 3 rings (SSSR count). The molecule has 0 radical (unpaired) electrons. The third-order valence-corrected chi connectivity index (χ3v) is 5.93. The topological polar surface area (TPSA) is 84.0 Å². The summed E-state index contributed by atoms with van der Waals surface area (Å²) in [5.74, 6) is 0.0250. The van der Waals surface area contributed by atoms with Crippen molar-refractivity contribution in [2.24, 2.45) is 0 Å². The van der Waals surface area contributed by atoms with Gasteiger partial charge in [0, 0.05) is 30.3 Å². The fourth-order valence-corrected chi connectivity index (χ4v) is 3.75. The normalized spacial score (nSPS) is 10.6. The summed E-state index contributed by atoms with van der Waals surface area (Å²) in [4.78, 5) is 33.0. The van der Waals surface area contributed by atoms with Crippen molar-refractivity contribution >= 4 is 46.8 Å². The Morgan fingerprint density at radius 3 is 2.38 bits per heavy atom. The van der Waals surface area contributed by atoms with Gasteiger partial charge in [0.05, 0.1) is 11.2 Å². The van der Waals surface area contributed by atoms with Crippen molar-refractivity contribution in [3.05, 3.63) is 87.2 Å². The molecule has 0 spiro atoms. The first-order chi connectivity index (χ1) is 15.4. The first-order valence-electron chi connectivity index (χ1n) is 9.91. The van der Waals surface area contributed by atoms with Crippen molar-refractivity contribution in [3.8, 4) is 0 Å². The van der Waals surface area contributed by atoms with Gasteiger partial charge >= 0.3 is 0 Å². The highest BCUT2D eigenvalue weighted by Crippen LogP contribution is 2.22. The van der Waals surface area contributed by atoms with Crippen LogP contribution < -0.4 is 10.6 Å². The molecule has 2 amide bonds. The number of nitrogens with one attached hydrogen (secondary N) is 2. The molecule has 0 bridgehead atoms. The van der Waals surface area contributed by atoms with E-state index in [1.807, 2.05) is 55.5 Å². The molecule has 3 aromatic rings. The smallest absolute Gasteiger partial charge is 0.271 e. The van der Waals surface area contributed by atoms with Gasteiger partial charge in [-0.05, 0) is 30.2 Å². The number of carbonyl (C=O) groups excluding carboxylic acids is 2. The quantitative estimate of drug-likeness (QED) is 0.333. The highest BCUT2D eigenvalue weighted by atomic mass is 35.5. The largest absolute Gasteiger partial charge is 0.352 e. The van der Waals surface area contributed by atoms with Crippen molar-refractivity contribution in [2.75, 3.05) is 6.54 Å². The average molecular weight is 489 g/mol. The molecule has 32 heavy (non-hydrogen) atoms. The molecule has 0 aliphatic heterocycles. The number of carbonyl (C=O) groups is 2. The zero-order valence-electron chi connectivity index (χ0n) is 17.4. The lowest BCUT2D eigenvalue weighted by Crippen LogP contribution is -2.31. The van der Waals surface area contributed by atoms with Gasteiger partial charge in [-0.3, -0.25) is 9.59 Å². The van der Waals surface area contributed by atoms with E-state index in [1.165, 1.54) is 18.0 Å². The number of amides is 2. The van der Waals surface area contributed by atoms with Crippen LogP contribution in [0, 0.1) is 6.92 Å². The zero-order chi connectivity index (χ0) is 22.9. The molecule has 0 atom stereocenters. The Morgan fingerprint density at radius 1 is 0.969 bits per heavy atom. The van der Waals surface area contributed by atoms with Crippen LogP contribution in [0.15, 0.2) is 59.9 Å². The average Bonchev–Trinajstić information content (AvgIpc) is 2.79. The summed E-state index contributed by atoms with van der Waals surface area (Å²) in [6, 6.07) is 15.4. The van der Waals surface area contributed by atoms with Crippen LogP contribution >= 0.6 is 35.0 Å². The van der Waals surface area contributed by atoms with Crippen molar-refractivity contribution in [1.82, 2.24) is 20.6 Å². The van der Waals surface area contributed by atoms with E-state index >= 15 is 0 Å². The first kappa shape index (κ1) is 24.0. The molecule has 0 aliphatic rings. The summed E-state index contributed by atoms with van der Waals surface area (Å²) in [7, 11) is 0. The minimum atomic E-state index is -0.447. The standard InChI is InChI=1S/C23H22Cl2N4O2S/c1-15-2-4-16(5-3-15)12-27-20(30)10-11-26-22(31)21-19(25)13-28-23(29-21)32-14-17-6-8-18(24)9-7-17/h2-9,13H,10-12,14H2,1H3,(H,26,31)(H,27,30). The predicted molar refractivity (Wildman–Crippen MR) is 128 cm³/mol. The molecule has 9 heteroatoms. The summed E-state index contributed by atoms with van der Waals surface area (Å²) < 4.78 is 0. The number of aryl methyl sites for hydroxylation is 1. The fraction of sp³-hybridized carbons (Fsp3) is 0.217. The van der Waals surface area contributed by atoms with E-state index in [1.54, 1.807) is 0 Å². The third kappa shape index (κ3) is 7.51. The number of hydrogen-bond acceptors (Lipinski definition) is 5. The van der Waals surface area contributed by atoms with E-state index in [4.69, 9.17) is 23.2 Å². The Labute approximate surface area is 201 Å². The molecule has 0 aliphatic carbocycles. The maximum Gasteiger partial charge on any atom is 0.271 e.